The van der Waals surface area contributed by atoms with Gasteiger partial charge >= 0.3 is 0 Å². The Hall–Kier alpha value is -4.76. The van der Waals surface area contributed by atoms with Crippen LogP contribution in [0.15, 0.2) is 130 Å². The van der Waals surface area contributed by atoms with Crippen LogP contribution in [0.25, 0.3) is 22.8 Å². The summed E-state index contributed by atoms with van der Waals surface area (Å²) < 4.78 is 0. The van der Waals surface area contributed by atoms with Crippen molar-refractivity contribution >= 4 is 17.5 Å². The van der Waals surface area contributed by atoms with Crippen LogP contribution >= 0.6 is 0 Å². The summed E-state index contributed by atoms with van der Waals surface area (Å²) in [6, 6.07) is 19.5. The predicted molar refractivity (Wildman–Crippen MR) is 224 cm³/mol. The van der Waals surface area contributed by atoms with Crippen LogP contribution in [-0.2, 0) is 6.42 Å². The summed E-state index contributed by atoms with van der Waals surface area (Å²) in [7, 11) is 2.13. The summed E-state index contributed by atoms with van der Waals surface area (Å²) in [6.07, 6.45) is 21.1. The number of likely N-dealkylation sites (N-methyl/N-ethyl adjacent to an activating group) is 1. The highest BCUT2D eigenvalue weighted by molar-refractivity contribution is 5.91. The van der Waals surface area contributed by atoms with Crippen molar-refractivity contribution in [3.63, 3.8) is 0 Å². The Morgan fingerprint density at radius 3 is 2.25 bits per heavy atom. The lowest BCUT2D eigenvalue weighted by Gasteiger charge is -2.34. The molecule has 0 radical (unpaired) electrons. The standard InChI is InChI=1S/C22H24N2.C22H23N.2C2H6/c1-15-8-4-5-10-18(15)14-21-20-13-12-17-9-6-7-11-19(17)22(20)23-16(2)24(21)3;1-5-9-15(3)19(10-6-2)22-21-18(13-16(4)23-22)14-17-11-7-8-12-20(17)21;2*1-2/h4-5,7-8,10-11,14H,6,9,12-13H2,1-3H3;5-13H,14H2,1-4H3;2*1-2H3/b21-14-;9-5-,10-6-,19-15+;;. The maximum Gasteiger partial charge on any atom is 0.106 e. The number of benzene rings is 2. The van der Waals surface area contributed by atoms with Gasteiger partial charge in [-0.15, -0.1) is 0 Å². The smallest absolute Gasteiger partial charge is 0.106 e. The fourth-order valence-corrected chi connectivity index (χ4v) is 7.25. The first-order valence-corrected chi connectivity index (χ1v) is 19.0. The van der Waals surface area contributed by atoms with Gasteiger partial charge < -0.3 is 4.90 Å². The van der Waals surface area contributed by atoms with Crippen molar-refractivity contribution < 1.29 is 0 Å². The van der Waals surface area contributed by atoms with Gasteiger partial charge in [0.25, 0.3) is 0 Å². The van der Waals surface area contributed by atoms with E-state index in [1.165, 1.54) is 86.3 Å². The summed E-state index contributed by atoms with van der Waals surface area (Å²) in [5.74, 6) is 1.07. The van der Waals surface area contributed by atoms with Crippen LogP contribution in [0.2, 0.25) is 0 Å². The molecule has 0 spiro atoms. The molecular weight excluding hydrogens is 619 g/mol. The normalized spacial score (nSPS) is 17.0. The second-order valence-corrected chi connectivity index (χ2v) is 13.0. The zero-order valence-corrected chi connectivity index (χ0v) is 33.1. The minimum Gasteiger partial charge on any atom is -0.333 e. The fourth-order valence-electron chi connectivity index (χ4n) is 7.25. The average molecular weight is 678 g/mol. The number of pyridine rings is 1. The van der Waals surface area contributed by atoms with Gasteiger partial charge in [-0.25, -0.2) is 4.99 Å². The van der Waals surface area contributed by atoms with Crippen LogP contribution < -0.4 is 0 Å². The highest BCUT2D eigenvalue weighted by Crippen LogP contribution is 2.43. The van der Waals surface area contributed by atoms with E-state index in [9.17, 15) is 0 Å². The van der Waals surface area contributed by atoms with E-state index in [-0.39, 0.29) is 0 Å². The van der Waals surface area contributed by atoms with E-state index in [0.29, 0.717) is 0 Å². The van der Waals surface area contributed by atoms with Crippen molar-refractivity contribution in [3.05, 3.63) is 158 Å². The average Bonchev–Trinajstić information content (AvgIpc) is 3.53. The van der Waals surface area contributed by atoms with E-state index < -0.39 is 0 Å². The first-order chi connectivity index (χ1) is 24.8. The molecule has 266 valence electrons. The third kappa shape index (κ3) is 8.59. The first-order valence-electron chi connectivity index (χ1n) is 19.0. The maximum absolute atomic E-state index is 4.96. The Morgan fingerprint density at radius 1 is 0.824 bits per heavy atom. The third-order valence-electron chi connectivity index (χ3n) is 9.73. The van der Waals surface area contributed by atoms with Gasteiger partial charge in [-0.3, -0.25) is 4.98 Å². The minimum atomic E-state index is 1.01. The topological polar surface area (TPSA) is 28.5 Å². The molecule has 3 heteroatoms. The number of nitrogens with zero attached hydrogens (tertiary/aromatic N) is 3. The largest absolute Gasteiger partial charge is 0.333 e. The number of hydrogen-bond acceptors (Lipinski definition) is 3. The van der Waals surface area contributed by atoms with Gasteiger partial charge in [-0.2, -0.15) is 0 Å². The number of hydrogen-bond donors (Lipinski definition) is 0. The molecular formula is C48H59N3. The molecule has 0 fully saturated rings. The van der Waals surface area contributed by atoms with Crippen molar-refractivity contribution in [2.75, 3.05) is 7.05 Å². The van der Waals surface area contributed by atoms with E-state index in [4.69, 9.17) is 9.98 Å². The Bertz CT molecular complexity index is 1970. The molecule has 0 bridgehead atoms. The monoisotopic (exact) mass is 677 g/mol. The predicted octanol–water partition coefficient (Wildman–Crippen LogP) is 13.3. The zero-order valence-electron chi connectivity index (χ0n) is 33.1. The Labute approximate surface area is 309 Å². The van der Waals surface area contributed by atoms with Crippen LogP contribution in [0.4, 0.5) is 0 Å². The number of aromatic nitrogens is 1. The van der Waals surface area contributed by atoms with E-state index in [1.54, 1.807) is 5.57 Å². The molecule has 3 aliphatic carbocycles. The highest BCUT2D eigenvalue weighted by atomic mass is 15.2. The molecule has 0 amide bonds. The molecule has 51 heavy (non-hydrogen) atoms. The van der Waals surface area contributed by atoms with Crippen LogP contribution in [0.3, 0.4) is 0 Å². The summed E-state index contributed by atoms with van der Waals surface area (Å²) in [5.41, 5.74) is 19.6. The lowest BCUT2D eigenvalue weighted by atomic mass is 9.82. The van der Waals surface area contributed by atoms with Gasteiger partial charge in [-0.1, -0.05) is 118 Å². The molecule has 1 aliphatic heterocycles. The van der Waals surface area contributed by atoms with E-state index in [2.05, 4.69) is 151 Å². The Balaban J connectivity index is 0.000000209. The van der Waals surface area contributed by atoms with Crippen molar-refractivity contribution in [2.45, 2.75) is 101 Å². The van der Waals surface area contributed by atoms with Crippen molar-refractivity contribution in [1.82, 2.24) is 9.88 Å². The summed E-state index contributed by atoms with van der Waals surface area (Å²) in [4.78, 5) is 12.1. The Kier molecular flexibility index (Phi) is 14.1. The van der Waals surface area contributed by atoms with Crippen molar-refractivity contribution in [2.24, 2.45) is 4.99 Å². The number of aryl methyl sites for hydroxylation is 2. The highest BCUT2D eigenvalue weighted by Gasteiger charge is 2.29. The molecule has 3 nitrogen and oxygen atoms in total. The number of aliphatic imine (C=N–C) groups is 1. The summed E-state index contributed by atoms with van der Waals surface area (Å²) in [6.45, 7) is 20.7. The van der Waals surface area contributed by atoms with Gasteiger partial charge in [0, 0.05) is 35.1 Å². The van der Waals surface area contributed by atoms with Crippen LogP contribution in [0.5, 0.6) is 0 Å². The summed E-state index contributed by atoms with van der Waals surface area (Å²) in [5, 5.41) is 0. The van der Waals surface area contributed by atoms with E-state index in [1.807, 2.05) is 27.7 Å². The number of fused-ring (bicyclic) bond motifs is 4. The molecule has 0 saturated carbocycles. The second kappa shape index (κ2) is 18.5. The lowest BCUT2D eigenvalue weighted by molar-refractivity contribution is 0.604. The van der Waals surface area contributed by atoms with E-state index >= 15 is 0 Å². The maximum atomic E-state index is 4.96. The molecule has 0 atom stereocenters. The number of allylic oxidation sites excluding steroid dienone is 10. The number of rotatable bonds is 4. The molecule has 0 saturated heterocycles. The Morgan fingerprint density at radius 2 is 1.53 bits per heavy atom. The minimum absolute atomic E-state index is 1.01. The van der Waals surface area contributed by atoms with Crippen LogP contribution in [-0.4, -0.2) is 22.8 Å². The SMILES string of the molecule is CC.CC.CC1=NC2=C(CCC3=C2C=CCC3)/C(=C/c2ccccc2C)N1C.C\C=C/C(C)=C(\C=C/C)c1nc(C)cc2c1-c1ccccc1C2. The molecule has 2 heterocycles. The molecule has 1 aromatic heterocycles. The van der Waals surface area contributed by atoms with Crippen molar-refractivity contribution in [3.8, 4) is 11.1 Å². The van der Waals surface area contributed by atoms with Gasteiger partial charge in [-0.05, 0) is 125 Å². The first kappa shape index (κ1) is 39.0. The third-order valence-corrected chi connectivity index (χ3v) is 9.73. The number of amidine groups is 1. The molecule has 7 rings (SSSR count). The second-order valence-electron chi connectivity index (χ2n) is 13.0. The van der Waals surface area contributed by atoms with Gasteiger partial charge in [0.05, 0.1) is 11.4 Å². The van der Waals surface area contributed by atoms with Gasteiger partial charge in [0.15, 0.2) is 0 Å². The zero-order chi connectivity index (χ0) is 37.1. The molecule has 0 unspecified atom stereocenters. The molecule has 0 N–H and O–H groups in total. The quantitative estimate of drug-likeness (QED) is 0.201. The van der Waals surface area contributed by atoms with Gasteiger partial charge in [0.2, 0.25) is 0 Å². The molecule has 3 aromatic rings. The summed E-state index contributed by atoms with van der Waals surface area (Å²) >= 11 is 0. The molecule has 4 aliphatic rings. The van der Waals surface area contributed by atoms with Crippen LogP contribution in [0.1, 0.15) is 115 Å². The van der Waals surface area contributed by atoms with Crippen LogP contribution in [0, 0.1) is 13.8 Å². The molecule has 2 aromatic carbocycles. The fraction of sp³-hybridized carbons (Fsp3) is 0.333. The van der Waals surface area contributed by atoms with E-state index in [0.717, 1.165) is 30.1 Å². The van der Waals surface area contributed by atoms with Crippen molar-refractivity contribution in [1.29, 1.82) is 0 Å². The van der Waals surface area contributed by atoms with Gasteiger partial charge in [0.1, 0.15) is 5.84 Å². The lowest BCUT2D eigenvalue weighted by Crippen LogP contribution is -2.30.